The molecule has 17 heavy (non-hydrogen) atoms. The van der Waals surface area contributed by atoms with E-state index in [1.54, 1.807) is 4.68 Å². The molecule has 0 aliphatic heterocycles. The third-order valence-electron chi connectivity index (χ3n) is 2.56. The number of rotatable bonds is 9. The van der Waals surface area contributed by atoms with E-state index < -0.39 is 0 Å². The Morgan fingerprint density at radius 3 is 3.06 bits per heavy atom. The second kappa shape index (κ2) is 8.16. The Kier molecular flexibility index (Phi) is 6.76. The van der Waals surface area contributed by atoms with E-state index in [4.69, 9.17) is 5.11 Å². The molecule has 1 heterocycles. The zero-order chi connectivity index (χ0) is 12.5. The van der Waals surface area contributed by atoms with Gasteiger partial charge in [-0.15, -0.1) is 5.10 Å². The molecule has 0 bridgehead atoms. The lowest BCUT2D eigenvalue weighted by Gasteiger charge is -2.07. The van der Waals surface area contributed by atoms with E-state index in [-0.39, 0.29) is 12.7 Å². The van der Waals surface area contributed by atoms with Crippen molar-refractivity contribution in [2.75, 3.05) is 13.2 Å². The van der Waals surface area contributed by atoms with Crippen LogP contribution in [0.15, 0.2) is 6.20 Å². The first-order valence-corrected chi connectivity index (χ1v) is 6.15. The molecule has 0 amide bonds. The summed E-state index contributed by atoms with van der Waals surface area (Å²) in [6, 6.07) is 0. The van der Waals surface area contributed by atoms with Gasteiger partial charge in [-0.25, -0.2) is 0 Å². The lowest BCUT2D eigenvalue weighted by Crippen LogP contribution is -2.19. The number of aromatic nitrogens is 3. The molecule has 0 fully saturated rings. The summed E-state index contributed by atoms with van der Waals surface area (Å²) in [5.74, 6) is 0. The summed E-state index contributed by atoms with van der Waals surface area (Å²) in [5, 5.41) is 29.2. The van der Waals surface area contributed by atoms with Gasteiger partial charge in [0.15, 0.2) is 0 Å². The minimum absolute atomic E-state index is 0.169. The molecule has 0 aliphatic rings. The summed E-state index contributed by atoms with van der Waals surface area (Å²) in [5.41, 5.74) is 0.883. The second-order valence-electron chi connectivity index (χ2n) is 4.08. The first-order valence-electron chi connectivity index (χ1n) is 6.15. The number of hydrogen-bond acceptors (Lipinski definition) is 5. The minimum Gasteiger partial charge on any atom is -0.396 e. The quantitative estimate of drug-likeness (QED) is 0.527. The molecular weight excluding hydrogens is 220 g/mol. The van der Waals surface area contributed by atoms with Crippen molar-refractivity contribution in [1.82, 2.24) is 20.3 Å². The van der Waals surface area contributed by atoms with Crippen molar-refractivity contribution in [3.8, 4) is 0 Å². The Morgan fingerprint density at radius 2 is 2.35 bits per heavy atom. The van der Waals surface area contributed by atoms with Crippen LogP contribution in [0, 0.1) is 0 Å². The molecule has 1 rings (SSSR count). The number of nitrogens with zero attached hydrogens (tertiary/aromatic N) is 3. The van der Waals surface area contributed by atoms with E-state index in [0.29, 0.717) is 19.5 Å². The molecule has 0 saturated heterocycles. The maximum Gasteiger partial charge on any atom is 0.0964 e. The van der Waals surface area contributed by atoms with Gasteiger partial charge in [0.2, 0.25) is 0 Å². The molecule has 98 valence electrons. The lowest BCUT2D eigenvalue weighted by atomic mass is 10.2. The van der Waals surface area contributed by atoms with E-state index in [0.717, 1.165) is 25.1 Å². The smallest absolute Gasteiger partial charge is 0.0964 e. The molecule has 0 aromatic carbocycles. The van der Waals surface area contributed by atoms with Crippen LogP contribution in [0.5, 0.6) is 0 Å². The van der Waals surface area contributed by atoms with Crippen molar-refractivity contribution in [1.29, 1.82) is 0 Å². The van der Waals surface area contributed by atoms with Crippen LogP contribution >= 0.6 is 0 Å². The normalized spacial score (nSPS) is 12.9. The Balaban J connectivity index is 2.16. The maximum absolute atomic E-state index is 9.36. The average Bonchev–Trinajstić information content (AvgIpc) is 2.79. The Morgan fingerprint density at radius 1 is 1.53 bits per heavy atom. The Hall–Kier alpha value is -0.980. The zero-order valence-electron chi connectivity index (χ0n) is 10.3. The highest BCUT2D eigenvalue weighted by molar-refractivity contribution is 4.91. The fourth-order valence-electron chi connectivity index (χ4n) is 1.45. The topological polar surface area (TPSA) is 83.2 Å². The highest BCUT2D eigenvalue weighted by Crippen LogP contribution is 1.97. The van der Waals surface area contributed by atoms with Crippen molar-refractivity contribution >= 4 is 0 Å². The van der Waals surface area contributed by atoms with Gasteiger partial charge in [-0.3, -0.25) is 4.68 Å². The molecule has 1 aromatic rings. The summed E-state index contributed by atoms with van der Waals surface area (Å²) in [6.07, 6.45) is 3.90. The molecule has 0 saturated carbocycles. The van der Waals surface area contributed by atoms with Gasteiger partial charge in [-0.05, 0) is 25.8 Å². The van der Waals surface area contributed by atoms with E-state index in [2.05, 4.69) is 15.6 Å². The highest BCUT2D eigenvalue weighted by atomic mass is 16.3. The highest BCUT2D eigenvalue weighted by Gasteiger charge is 2.02. The van der Waals surface area contributed by atoms with Crippen LogP contribution in [0.2, 0.25) is 0 Å². The molecule has 0 aliphatic carbocycles. The van der Waals surface area contributed by atoms with Gasteiger partial charge in [0.05, 0.1) is 11.8 Å². The third kappa shape index (κ3) is 5.76. The van der Waals surface area contributed by atoms with Gasteiger partial charge >= 0.3 is 0 Å². The van der Waals surface area contributed by atoms with Gasteiger partial charge in [-0.1, -0.05) is 12.1 Å². The summed E-state index contributed by atoms with van der Waals surface area (Å²) in [4.78, 5) is 0. The van der Waals surface area contributed by atoms with Crippen molar-refractivity contribution < 1.29 is 10.2 Å². The SMILES string of the molecule is CCC(O)CCNCc1cn(CCCO)nn1. The van der Waals surface area contributed by atoms with Gasteiger partial charge in [0.25, 0.3) is 0 Å². The summed E-state index contributed by atoms with van der Waals surface area (Å²) < 4.78 is 1.73. The molecule has 6 heteroatoms. The van der Waals surface area contributed by atoms with Gasteiger partial charge in [0, 0.05) is 25.9 Å². The number of nitrogens with one attached hydrogen (secondary N) is 1. The molecule has 1 unspecified atom stereocenters. The van der Waals surface area contributed by atoms with Crippen molar-refractivity contribution in [2.45, 2.75) is 45.4 Å². The van der Waals surface area contributed by atoms with E-state index >= 15 is 0 Å². The summed E-state index contributed by atoms with van der Waals surface area (Å²) in [6.45, 7) is 4.27. The monoisotopic (exact) mass is 242 g/mol. The first-order chi connectivity index (χ1) is 8.26. The largest absolute Gasteiger partial charge is 0.396 e. The minimum atomic E-state index is -0.220. The van der Waals surface area contributed by atoms with Gasteiger partial charge in [-0.2, -0.15) is 0 Å². The van der Waals surface area contributed by atoms with E-state index in [1.165, 1.54) is 0 Å². The summed E-state index contributed by atoms with van der Waals surface area (Å²) >= 11 is 0. The van der Waals surface area contributed by atoms with Crippen LogP contribution in [0.4, 0.5) is 0 Å². The van der Waals surface area contributed by atoms with Crippen LogP contribution in [-0.4, -0.2) is 44.5 Å². The van der Waals surface area contributed by atoms with Crippen molar-refractivity contribution in [3.05, 3.63) is 11.9 Å². The first kappa shape index (κ1) is 14.1. The van der Waals surface area contributed by atoms with E-state index in [9.17, 15) is 5.11 Å². The predicted octanol–water partition coefficient (Wildman–Crippen LogP) is -0.0889. The number of aliphatic hydroxyl groups is 2. The standard InChI is InChI=1S/C11H22N4O2/c1-2-11(17)4-5-12-8-10-9-15(14-13-10)6-3-7-16/h9,11-12,16-17H,2-8H2,1H3. The number of hydrogen-bond donors (Lipinski definition) is 3. The number of aliphatic hydroxyl groups excluding tert-OH is 2. The Labute approximate surface area is 102 Å². The molecule has 6 nitrogen and oxygen atoms in total. The maximum atomic E-state index is 9.36. The van der Waals surface area contributed by atoms with E-state index in [1.807, 2.05) is 13.1 Å². The summed E-state index contributed by atoms with van der Waals surface area (Å²) in [7, 11) is 0. The van der Waals surface area contributed by atoms with Crippen molar-refractivity contribution in [2.24, 2.45) is 0 Å². The fraction of sp³-hybridized carbons (Fsp3) is 0.818. The third-order valence-corrected chi connectivity index (χ3v) is 2.56. The average molecular weight is 242 g/mol. The molecular formula is C11H22N4O2. The fourth-order valence-corrected chi connectivity index (χ4v) is 1.45. The molecule has 1 aromatic heterocycles. The van der Waals surface area contributed by atoms with Gasteiger partial charge < -0.3 is 15.5 Å². The second-order valence-corrected chi connectivity index (χ2v) is 4.08. The lowest BCUT2D eigenvalue weighted by molar-refractivity contribution is 0.159. The van der Waals surface area contributed by atoms with Crippen molar-refractivity contribution in [3.63, 3.8) is 0 Å². The predicted molar refractivity (Wildman–Crippen MR) is 64.3 cm³/mol. The number of aryl methyl sites for hydroxylation is 1. The molecule has 0 spiro atoms. The van der Waals surface area contributed by atoms with Gasteiger partial charge in [0.1, 0.15) is 0 Å². The van der Waals surface area contributed by atoms with Crippen LogP contribution in [0.25, 0.3) is 0 Å². The van der Waals surface area contributed by atoms with Crippen LogP contribution < -0.4 is 5.32 Å². The Bertz CT molecular complexity index is 303. The van der Waals surface area contributed by atoms with Crippen LogP contribution in [0.1, 0.15) is 31.9 Å². The molecule has 3 N–H and O–H groups in total. The molecule has 1 atom stereocenters. The van der Waals surface area contributed by atoms with Crippen LogP contribution in [0.3, 0.4) is 0 Å². The van der Waals surface area contributed by atoms with Crippen LogP contribution in [-0.2, 0) is 13.1 Å². The molecule has 0 radical (unpaired) electrons. The zero-order valence-corrected chi connectivity index (χ0v) is 10.3.